The number of benzene rings is 5. The molecule has 1 atom stereocenters. The van der Waals surface area contributed by atoms with Crippen LogP contribution in [0, 0.1) is 0 Å². The minimum atomic E-state index is -0.268. The minimum Gasteiger partial charge on any atom is -0.256 e. The van der Waals surface area contributed by atoms with E-state index in [4.69, 9.17) is 4.98 Å². The molecule has 12 bridgehead atoms. The maximum Gasteiger partial charge on any atom is 0.0510 e. The maximum absolute atomic E-state index is 5.41. The van der Waals surface area contributed by atoms with Crippen molar-refractivity contribution in [1.82, 2.24) is 4.98 Å². The first-order chi connectivity index (χ1) is 20.8. The second-order valence-corrected chi connectivity index (χ2v) is 12.6. The molecular formula is C42H37N. The van der Waals surface area contributed by atoms with Crippen LogP contribution >= 0.6 is 0 Å². The van der Waals surface area contributed by atoms with Gasteiger partial charge in [0.05, 0.1) is 11.4 Å². The first-order valence-corrected chi connectivity index (χ1v) is 15.4. The largest absolute Gasteiger partial charge is 0.256 e. The summed E-state index contributed by atoms with van der Waals surface area (Å²) in [6, 6.07) is 51.4. The molecule has 0 spiro atoms. The molecule has 0 aliphatic carbocycles. The first kappa shape index (κ1) is 27.1. The van der Waals surface area contributed by atoms with E-state index >= 15 is 0 Å². The normalized spacial score (nSPS) is 16.7. The first-order valence-electron chi connectivity index (χ1n) is 15.4. The summed E-state index contributed by atoms with van der Waals surface area (Å²) in [5.41, 5.74) is 14.0. The van der Waals surface area contributed by atoms with E-state index in [2.05, 4.69) is 167 Å². The Morgan fingerprint density at radius 3 is 1.23 bits per heavy atom. The summed E-state index contributed by atoms with van der Waals surface area (Å²) in [6.45, 7) is 9.20. The van der Waals surface area contributed by atoms with E-state index in [1.54, 1.807) is 0 Å². The van der Waals surface area contributed by atoms with Crippen LogP contribution in [0.1, 0.15) is 56.6 Å². The van der Waals surface area contributed by atoms with Crippen LogP contribution in [0.3, 0.4) is 0 Å². The second kappa shape index (κ2) is 10.5. The van der Waals surface area contributed by atoms with Gasteiger partial charge in [0.1, 0.15) is 0 Å². The van der Waals surface area contributed by atoms with Crippen molar-refractivity contribution >= 4 is 0 Å². The summed E-state index contributed by atoms with van der Waals surface area (Å²) in [6.07, 6.45) is 0.950. The standard InChI is InChI=1S/C42H37N/c1-5-42(4)38-21-10-19-36(28-38)34-17-8-15-32(26-34)30-13-6-12-29(24-30)31-14-7-16-33(25-31)35-18-9-20-37(27-35)41(2,3)39-22-11-23-40(42)43-39/h6-28H,5H2,1-4H3. The van der Waals surface area contributed by atoms with Gasteiger partial charge in [0, 0.05) is 10.8 Å². The number of rotatable bonds is 1. The average Bonchev–Trinajstić information content (AvgIpc) is 3.08. The molecule has 1 nitrogen and oxygen atoms in total. The van der Waals surface area contributed by atoms with E-state index in [1.165, 1.54) is 55.6 Å². The Bertz CT molecular complexity index is 1960. The highest BCUT2D eigenvalue weighted by molar-refractivity contribution is 5.79. The van der Waals surface area contributed by atoms with Crippen molar-refractivity contribution in [3.63, 3.8) is 0 Å². The maximum atomic E-state index is 5.41. The Hall–Kier alpha value is -4.75. The van der Waals surface area contributed by atoms with Crippen LogP contribution in [0.15, 0.2) is 140 Å². The molecule has 6 aromatic rings. The lowest BCUT2D eigenvalue weighted by Gasteiger charge is -2.32. The number of aromatic nitrogens is 1. The smallest absolute Gasteiger partial charge is 0.0510 e. The van der Waals surface area contributed by atoms with E-state index < -0.39 is 0 Å². The van der Waals surface area contributed by atoms with Gasteiger partial charge in [-0.15, -0.1) is 0 Å². The zero-order valence-electron chi connectivity index (χ0n) is 25.4. The molecule has 1 heteroatoms. The summed E-state index contributed by atoms with van der Waals surface area (Å²) < 4.78 is 0. The van der Waals surface area contributed by atoms with Gasteiger partial charge in [0.15, 0.2) is 0 Å². The van der Waals surface area contributed by atoms with Crippen LogP contribution in [-0.4, -0.2) is 4.98 Å². The molecule has 210 valence electrons. The molecule has 0 N–H and O–H groups in total. The summed E-state index contributed by atoms with van der Waals surface area (Å²) in [5.74, 6) is 0. The topological polar surface area (TPSA) is 12.9 Å². The van der Waals surface area contributed by atoms with Crippen LogP contribution in [0.2, 0.25) is 0 Å². The van der Waals surface area contributed by atoms with E-state index in [9.17, 15) is 0 Å². The lowest BCUT2D eigenvalue weighted by Crippen LogP contribution is -2.27. The Morgan fingerprint density at radius 1 is 0.419 bits per heavy atom. The predicted octanol–water partition coefficient (Wildman–Crippen LogP) is 11.1. The lowest BCUT2D eigenvalue weighted by atomic mass is 9.75. The van der Waals surface area contributed by atoms with E-state index in [1.807, 2.05) is 0 Å². The van der Waals surface area contributed by atoms with Gasteiger partial charge in [-0.3, -0.25) is 4.98 Å². The molecule has 0 saturated heterocycles. The van der Waals surface area contributed by atoms with Crippen molar-refractivity contribution in [3.05, 3.63) is 162 Å². The SMILES string of the molecule is CCC1(C)c2cccc(c2)-c2cccc(c2)-c2cccc(c2)-c2cccc(c2)-c2cccc(c2)C(C)(C)c2cccc1n2. The van der Waals surface area contributed by atoms with Gasteiger partial charge in [-0.1, -0.05) is 130 Å². The van der Waals surface area contributed by atoms with E-state index in [-0.39, 0.29) is 10.8 Å². The molecule has 1 aromatic heterocycles. The summed E-state index contributed by atoms with van der Waals surface area (Å²) >= 11 is 0. The molecule has 1 aliphatic heterocycles. The van der Waals surface area contributed by atoms with Crippen LogP contribution in [0.25, 0.3) is 44.5 Å². The molecule has 5 aromatic carbocycles. The van der Waals surface area contributed by atoms with Gasteiger partial charge in [0.2, 0.25) is 0 Å². The van der Waals surface area contributed by atoms with Crippen LogP contribution in [0.5, 0.6) is 0 Å². The van der Waals surface area contributed by atoms with Crippen molar-refractivity contribution in [2.24, 2.45) is 0 Å². The third-order valence-electron chi connectivity index (χ3n) is 9.67. The molecule has 1 aliphatic rings. The number of pyridine rings is 1. The van der Waals surface area contributed by atoms with Gasteiger partial charge < -0.3 is 0 Å². The third-order valence-corrected chi connectivity index (χ3v) is 9.67. The molecular weight excluding hydrogens is 518 g/mol. The zero-order valence-corrected chi connectivity index (χ0v) is 25.4. The highest BCUT2D eigenvalue weighted by atomic mass is 14.8. The van der Waals surface area contributed by atoms with Crippen molar-refractivity contribution < 1.29 is 0 Å². The number of hydrogen-bond acceptors (Lipinski definition) is 1. The third kappa shape index (κ3) is 4.79. The summed E-state index contributed by atoms with van der Waals surface area (Å²) in [7, 11) is 0. The number of hydrogen-bond donors (Lipinski definition) is 0. The quantitative estimate of drug-likeness (QED) is 0.197. The van der Waals surface area contributed by atoms with E-state index in [0.29, 0.717) is 0 Å². The van der Waals surface area contributed by atoms with Crippen LogP contribution < -0.4 is 0 Å². The van der Waals surface area contributed by atoms with Gasteiger partial charge in [-0.25, -0.2) is 0 Å². The Morgan fingerprint density at radius 2 is 0.767 bits per heavy atom. The average molecular weight is 556 g/mol. The lowest BCUT2D eigenvalue weighted by molar-refractivity contribution is 0.520. The van der Waals surface area contributed by atoms with Crippen molar-refractivity contribution in [2.75, 3.05) is 0 Å². The van der Waals surface area contributed by atoms with Gasteiger partial charge in [-0.05, 0) is 99.3 Å². The van der Waals surface area contributed by atoms with Crippen LogP contribution in [-0.2, 0) is 10.8 Å². The zero-order chi connectivity index (χ0) is 29.6. The Balaban J connectivity index is 1.49. The molecule has 0 radical (unpaired) electrons. The number of nitrogens with zero attached hydrogens (tertiary/aromatic N) is 1. The molecule has 1 unspecified atom stereocenters. The molecule has 2 heterocycles. The molecule has 0 saturated carbocycles. The fraction of sp³-hybridized carbons (Fsp3) is 0.167. The summed E-state index contributed by atoms with van der Waals surface area (Å²) in [4.78, 5) is 5.41. The highest BCUT2D eigenvalue weighted by Crippen LogP contribution is 2.40. The van der Waals surface area contributed by atoms with Gasteiger partial charge >= 0.3 is 0 Å². The fourth-order valence-corrected chi connectivity index (χ4v) is 6.54. The van der Waals surface area contributed by atoms with Crippen molar-refractivity contribution in [2.45, 2.75) is 44.9 Å². The molecule has 0 amide bonds. The van der Waals surface area contributed by atoms with Crippen molar-refractivity contribution in [3.8, 4) is 44.5 Å². The number of fused-ring (bicyclic) bond motifs is 16. The molecule has 7 rings (SSSR count). The fourth-order valence-electron chi connectivity index (χ4n) is 6.54. The predicted molar refractivity (Wildman–Crippen MR) is 181 cm³/mol. The second-order valence-electron chi connectivity index (χ2n) is 12.6. The highest BCUT2D eigenvalue weighted by Gasteiger charge is 2.32. The Labute approximate surface area is 255 Å². The molecule has 43 heavy (non-hydrogen) atoms. The summed E-state index contributed by atoms with van der Waals surface area (Å²) in [5, 5.41) is 0. The van der Waals surface area contributed by atoms with Gasteiger partial charge in [-0.2, -0.15) is 0 Å². The van der Waals surface area contributed by atoms with E-state index in [0.717, 1.165) is 17.8 Å². The molecule has 0 fully saturated rings. The Kier molecular flexibility index (Phi) is 6.62. The van der Waals surface area contributed by atoms with Gasteiger partial charge in [0.25, 0.3) is 0 Å². The monoisotopic (exact) mass is 555 g/mol. The van der Waals surface area contributed by atoms with Crippen molar-refractivity contribution in [1.29, 1.82) is 0 Å². The minimum absolute atomic E-state index is 0.225. The van der Waals surface area contributed by atoms with Crippen LogP contribution in [0.4, 0.5) is 0 Å².